The Morgan fingerprint density at radius 2 is 2.16 bits per heavy atom. The minimum absolute atomic E-state index is 0.258. The van der Waals surface area contributed by atoms with Crippen LogP contribution in [0.15, 0.2) is 30.7 Å². The van der Waals surface area contributed by atoms with E-state index in [2.05, 4.69) is 21.4 Å². The average Bonchev–Trinajstić information content (AvgIpc) is 3.35. The fraction of sp³-hybridized carbons (Fsp3) is 0.304. The zero-order chi connectivity index (χ0) is 22.1. The summed E-state index contributed by atoms with van der Waals surface area (Å²) in [4.78, 5) is 20.6. The summed E-state index contributed by atoms with van der Waals surface area (Å²) >= 11 is 0. The van der Waals surface area contributed by atoms with Crippen molar-refractivity contribution >= 4 is 5.97 Å². The Hall–Kier alpha value is -3.54. The van der Waals surface area contributed by atoms with Crippen LogP contribution in [0, 0.1) is 32.1 Å². The molecule has 1 aliphatic heterocycles. The first-order valence-electron chi connectivity index (χ1n) is 9.99. The Bertz CT molecular complexity index is 1190. The van der Waals surface area contributed by atoms with Crippen LogP contribution in [0.5, 0.6) is 0 Å². The summed E-state index contributed by atoms with van der Waals surface area (Å²) in [5.41, 5.74) is 6.05. The van der Waals surface area contributed by atoms with Crippen molar-refractivity contribution in [3.63, 3.8) is 0 Å². The van der Waals surface area contributed by atoms with E-state index in [9.17, 15) is 15.2 Å². The number of ether oxygens (including phenoxy) is 1. The molecule has 0 aliphatic carbocycles. The van der Waals surface area contributed by atoms with Crippen molar-refractivity contribution in [2.45, 2.75) is 40.0 Å². The van der Waals surface area contributed by atoms with Gasteiger partial charge >= 0.3 is 5.97 Å². The fourth-order valence-electron chi connectivity index (χ4n) is 3.87. The normalized spacial score (nSPS) is 13.6. The number of nitriles is 1. The van der Waals surface area contributed by atoms with Crippen LogP contribution in [0.25, 0.3) is 5.82 Å². The molecule has 1 aromatic carbocycles. The van der Waals surface area contributed by atoms with Crippen LogP contribution in [-0.4, -0.2) is 32.2 Å². The standard InChI is InChI=1S/C23H23N5O3/c1-13-6-22(27-15(3)19(13)7-24)28-10-16(26-12-28)8-25-9-21(29)17-4-5-18-20(14(17)2)11-31-23(18)30/h4-6,10,12,21,25,29H,8-9,11H2,1-3H3/t21-/m0/s1. The Balaban J connectivity index is 1.40. The number of hydrogen-bond donors (Lipinski definition) is 2. The second kappa shape index (κ2) is 8.30. The number of carbonyl (C=O) groups is 1. The quantitative estimate of drug-likeness (QED) is 0.593. The smallest absolute Gasteiger partial charge is 0.338 e. The van der Waals surface area contributed by atoms with Crippen molar-refractivity contribution in [2.75, 3.05) is 6.54 Å². The molecule has 8 nitrogen and oxygen atoms in total. The van der Waals surface area contributed by atoms with E-state index in [4.69, 9.17) is 4.74 Å². The summed E-state index contributed by atoms with van der Waals surface area (Å²) in [7, 11) is 0. The number of rotatable bonds is 6. The molecule has 0 amide bonds. The second-order valence-corrected chi connectivity index (χ2v) is 7.67. The Morgan fingerprint density at radius 1 is 1.35 bits per heavy atom. The van der Waals surface area contributed by atoms with E-state index in [1.54, 1.807) is 18.5 Å². The first-order chi connectivity index (χ1) is 14.9. The van der Waals surface area contributed by atoms with Crippen LogP contribution in [-0.2, 0) is 17.9 Å². The van der Waals surface area contributed by atoms with E-state index in [1.807, 2.05) is 37.6 Å². The van der Waals surface area contributed by atoms with Gasteiger partial charge < -0.3 is 15.2 Å². The Morgan fingerprint density at radius 3 is 2.90 bits per heavy atom. The number of hydrogen-bond acceptors (Lipinski definition) is 7. The minimum atomic E-state index is -0.714. The van der Waals surface area contributed by atoms with Crippen LogP contribution in [0.4, 0.5) is 0 Å². The summed E-state index contributed by atoms with van der Waals surface area (Å²) in [6.45, 7) is 6.68. The van der Waals surface area contributed by atoms with E-state index in [0.29, 0.717) is 35.7 Å². The van der Waals surface area contributed by atoms with Gasteiger partial charge in [-0.2, -0.15) is 5.26 Å². The van der Waals surface area contributed by atoms with Crippen LogP contribution < -0.4 is 5.32 Å². The number of nitrogens with one attached hydrogen (secondary N) is 1. The Labute approximate surface area is 180 Å². The number of nitrogens with zero attached hydrogens (tertiary/aromatic N) is 4. The van der Waals surface area contributed by atoms with E-state index in [0.717, 1.165) is 27.9 Å². The van der Waals surface area contributed by atoms with Crippen LogP contribution in [0.3, 0.4) is 0 Å². The van der Waals surface area contributed by atoms with Gasteiger partial charge in [-0.15, -0.1) is 0 Å². The molecule has 0 unspecified atom stereocenters. The Kier molecular flexibility index (Phi) is 5.55. The lowest BCUT2D eigenvalue weighted by molar-refractivity contribution is 0.0535. The van der Waals surface area contributed by atoms with Gasteiger partial charge in [-0.1, -0.05) is 6.07 Å². The molecule has 31 heavy (non-hydrogen) atoms. The molecule has 0 spiro atoms. The van der Waals surface area contributed by atoms with E-state index < -0.39 is 6.10 Å². The van der Waals surface area contributed by atoms with Crippen molar-refractivity contribution in [3.05, 3.63) is 75.5 Å². The summed E-state index contributed by atoms with van der Waals surface area (Å²) in [6.07, 6.45) is 2.84. The van der Waals surface area contributed by atoms with Gasteiger partial charge in [0.25, 0.3) is 0 Å². The predicted octanol–water partition coefficient (Wildman–Crippen LogP) is 2.56. The number of esters is 1. The van der Waals surface area contributed by atoms with Gasteiger partial charge in [-0.25, -0.2) is 14.8 Å². The van der Waals surface area contributed by atoms with Gasteiger partial charge in [0.2, 0.25) is 0 Å². The van der Waals surface area contributed by atoms with Crippen molar-refractivity contribution in [3.8, 4) is 11.9 Å². The molecule has 4 rings (SSSR count). The van der Waals surface area contributed by atoms with Gasteiger partial charge in [0.1, 0.15) is 24.8 Å². The highest BCUT2D eigenvalue weighted by Crippen LogP contribution is 2.28. The number of benzene rings is 1. The lowest BCUT2D eigenvalue weighted by atomic mass is 9.95. The molecule has 1 atom stereocenters. The zero-order valence-corrected chi connectivity index (χ0v) is 17.6. The summed E-state index contributed by atoms with van der Waals surface area (Å²) in [5.74, 6) is 0.397. The number of pyridine rings is 1. The predicted molar refractivity (Wildman–Crippen MR) is 113 cm³/mol. The number of aliphatic hydroxyl groups is 1. The van der Waals surface area contributed by atoms with Gasteiger partial charge in [0.05, 0.1) is 28.6 Å². The number of imidazole rings is 1. The molecule has 0 saturated carbocycles. The van der Waals surface area contributed by atoms with E-state index >= 15 is 0 Å². The van der Waals surface area contributed by atoms with Crippen LogP contribution in [0.2, 0.25) is 0 Å². The average molecular weight is 417 g/mol. The van der Waals surface area contributed by atoms with Crippen molar-refractivity contribution in [1.82, 2.24) is 19.9 Å². The maximum atomic E-state index is 11.7. The zero-order valence-electron chi connectivity index (χ0n) is 17.6. The summed E-state index contributed by atoms with van der Waals surface area (Å²) in [5, 5.41) is 23.0. The number of aliphatic hydroxyl groups excluding tert-OH is 1. The number of cyclic esters (lactones) is 1. The molecular weight excluding hydrogens is 394 g/mol. The maximum absolute atomic E-state index is 11.7. The molecule has 0 fully saturated rings. The van der Waals surface area contributed by atoms with Crippen LogP contribution in [0.1, 0.15) is 55.7 Å². The van der Waals surface area contributed by atoms with Gasteiger partial charge in [-0.3, -0.25) is 4.57 Å². The summed E-state index contributed by atoms with van der Waals surface area (Å²) in [6, 6.07) is 7.53. The van der Waals surface area contributed by atoms with E-state index in [1.165, 1.54) is 0 Å². The maximum Gasteiger partial charge on any atom is 0.338 e. The molecule has 3 heterocycles. The van der Waals surface area contributed by atoms with E-state index in [-0.39, 0.29) is 12.6 Å². The van der Waals surface area contributed by atoms with Crippen molar-refractivity contribution < 1.29 is 14.6 Å². The highest BCUT2D eigenvalue weighted by Gasteiger charge is 2.25. The number of fused-ring (bicyclic) bond motifs is 1. The first-order valence-corrected chi connectivity index (χ1v) is 9.99. The second-order valence-electron chi connectivity index (χ2n) is 7.67. The van der Waals surface area contributed by atoms with Crippen molar-refractivity contribution in [1.29, 1.82) is 5.26 Å². The third-order valence-corrected chi connectivity index (χ3v) is 5.61. The topological polar surface area (TPSA) is 113 Å². The SMILES string of the molecule is Cc1cc(-n2cnc(CNC[C@H](O)c3ccc4c(c3C)COC4=O)c2)nc(C)c1C#N. The van der Waals surface area contributed by atoms with Gasteiger partial charge in [0.15, 0.2) is 0 Å². The lowest BCUT2D eigenvalue weighted by Crippen LogP contribution is -2.22. The molecule has 0 radical (unpaired) electrons. The lowest BCUT2D eigenvalue weighted by Gasteiger charge is -2.16. The molecule has 2 aromatic heterocycles. The van der Waals surface area contributed by atoms with Gasteiger partial charge in [-0.05, 0) is 49.6 Å². The third kappa shape index (κ3) is 3.93. The highest BCUT2D eigenvalue weighted by atomic mass is 16.5. The molecule has 3 aromatic rings. The van der Waals surface area contributed by atoms with Crippen LogP contribution >= 0.6 is 0 Å². The fourth-order valence-corrected chi connectivity index (χ4v) is 3.87. The molecule has 8 heteroatoms. The van der Waals surface area contributed by atoms with Crippen molar-refractivity contribution in [2.24, 2.45) is 0 Å². The highest BCUT2D eigenvalue weighted by molar-refractivity contribution is 5.93. The molecule has 2 N–H and O–H groups in total. The molecule has 1 aliphatic rings. The molecular formula is C23H23N5O3. The minimum Gasteiger partial charge on any atom is -0.457 e. The van der Waals surface area contributed by atoms with Gasteiger partial charge in [0, 0.05) is 24.8 Å². The number of carbonyl (C=O) groups excluding carboxylic acids is 1. The third-order valence-electron chi connectivity index (χ3n) is 5.61. The first kappa shape index (κ1) is 20.7. The number of aryl methyl sites for hydroxylation is 2. The number of aromatic nitrogens is 3. The largest absolute Gasteiger partial charge is 0.457 e. The molecule has 0 saturated heterocycles. The summed E-state index contributed by atoms with van der Waals surface area (Å²) < 4.78 is 6.89. The monoisotopic (exact) mass is 417 g/mol. The molecule has 0 bridgehead atoms. The molecule has 158 valence electrons.